The van der Waals surface area contributed by atoms with Gasteiger partial charge in [-0.15, -0.1) is 11.3 Å². The Hall–Kier alpha value is -1.56. The fraction of sp³-hybridized carbons (Fsp3) is 0.625. The van der Waals surface area contributed by atoms with Gasteiger partial charge in [-0.25, -0.2) is 4.79 Å². The van der Waals surface area contributed by atoms with Crippen molar-refractivity contribution < 1.29 is 9.59 Å². The zero-order valence-electron chi connectivity index (χ0n) is 14.1. The first kappa shape index (κ1) is 18.5. The van der Waals surface area contributed by atoms with Gasteiger partial charge in [-0.1, -0.05) is 26.8 Å². The quantitative estimate of drug-likeness (QED) is 0.838. The molecule has 0 radical (unpaired) electrons. The van der Waals surface area contributed by atoms with Crippen LogP contribution in [0.5, 0.6) is 0 Å². The lowest BCUT2D eigenvalue weighted by atomic mass is 10.2. The molecule has 0 bridgehead atoms. The van der Waals surface area contributed by atoms with E-state index in [1.165, 1.54) is 4.90 Å². The molecule has 1 N–H and O–H groups in total. The zero-order chi connectivity index (χ0) is 16.7. The maximum atomic E-state index is 12.6. The van der Waals surface area contributed by atoms with Crippen molar-refractivity contribution in [2.75, 3.05) is 20.6 Å². The number of likely N-dealkylation sites (N-methyl/N-ethyl adjacent to an activating group) is 1. The van der Waals surface area contributed by atoms with E-state index >= 15 is 0 Å². The SMILES string of the molecule is CCC(NC(=O)N(Cc1cccs1)CC(C)C)C(=O)N(C)C. The van der Waals surface area contributed by atoms with E-state index in [1.54, 1.807) is 30.3 Å². The summed E-state index contributed by atoms with van der Waals surface area (Å²) in [4.78, 5) is 29.1. The summed E-state index contributed by atoms with van der Waals surface area (Å²) in [6.07, 6.45) is 0.581. The Morgan fingerprint density at radius 1 is 1.32 bits per heavy atom. The van der Waals surface area contributed by atoms with Crippen LogP contribution in [0.15, 0.2) is 17.5 Å². The molecule has 3 amide bonds. The van der Waals surface area contributed by atoms with Gasteiger partial charge >= 0.3 is 6.03 Å². The third kappa shape index (κ3) is 5.67. The summed E-state index contributed by atoms with van der Waals surface area (Å²) in [7, 11) is 3.41. The summed E-state index contributed by atoms with van der Waals surface area (Å²) < 4.78 is 0. The molecule has 1 unspecified atom stereocenters. The van der Waals surface area contributed by atoms with E-state index in [1.807, 2.05) is 24.4 Å². The van der Waals surface area contributed by atoms with E-state index in [-0.39, 0.29) is 11.9 Å². The van der Waals surface area contributed by atoms with Crippen molar-refractivity contribution >= 4 is 23.3 Å². The number of carbonyl (C=O) groups excluding carboxylic acids is 2. The summed E-state index contributed by atoms with van der Waals surface area (Å²) in [5, 5.41) is 4.87. The Kier molecular flexibility index (Phi) is 7.38. The molecule has 1 heterocycles. The number of amides is 3. The molecule has 0 fully saturated rings. The van der Waals surface area contributed by atoms with E-state index < -0.39 is 6.04 Å². The number of nitrogens with one attached hydrogen (secondary N) is 1. The normalized spacial score (nSPS) is 12.1. The second-order valence-electron chi connectivity index (χ2n) is 6.00. The Labute approximate surface area is 137 Å². The van der Waals surface area contributed by atoms with Gasteiger partial charge in [0.05, 0.1) is 6.54 Å². The van der Waals surface area contributed by atoms with Gasteiger partial charge in [-0.05, 0) is 23.8 Å². The summed E-state index contributed by atoms with van der Waals surface area (Å²) >= 11 is 1.63. The monoisotopic (exact) mass is 325 g/mol. The summed E-state index contributed by atoms with van der Waals surface area (Å²) in [6, 6.07) is 3.35. The van der Waals surface area contributed by atoms with Gasteiger partial charge in [0.1, 0.15) is 6.04 Å². The van der Waals surface area contributed by atoms with Gasteiger partial charge in [-0.2, -0.15) is 0 Å². The topological polar surface area (TPSA) is 52.7 Å². The molecular formula is C16H27N3O2S. The van der Waals surface area contributed by atoms with Crippen molar-refractivity contribution in [3.05, 3.63) is 22.4 Å². The number of nitrogens with zero attached hydrogens (tertiary/aromatic N) is 2. The maximum Gasteiger partial charge on any atom is 0.318 e. The number of hydrogen-bond donors (Lipinski definition) is 1. The minimum Gasteiger partial charge on any atom is -0.347 e. The lowest BCUT2D eigenvalue weighted by Crippen LogP contribution is -2.51. The van der Waals surface area contributed by atoms with Gasteiger partial charge in [0, 0.05) is 25.5 Å². The highest BCUT2D eigenvalue weighted by Crippen LogP contribution is 2.13. The summed E-state index contributed by atoms with van der Waals surface area (Å²) in [5.74, 6) is 0.298. The van der Waals surface area contributed by atoms with Crippen LogP contribution in [-0.2, 0) is 11.3 Å². The molecule has 124 valence electrons. The molecule has 1 atom stereocenters. The Morgan fingerprint density at radius 3 is 2.45 bits per heavy atom. The molecule has 5 nitrogen and oxygen atoms in total. The maximum absolute atomic E-state index is 12.6. The second-order valence-corrected chi connectivity index (χ2v) is 7.03. The van der Waals surface area contributed by atoms with E-state index in [0.717, 1.165) is 4.88 Å². The third-order valence-corrected chi connectivity index (χ3v) is 4.11. The van der Waals surface area contributed by atoms with Gasteiger partial charge in [-0.3, -0.25) is 4.79 Å². The van der Waals surface area contributed by atoms with Crippen LogP contribution in [0.25, 0.3) is 0 Å². The van der Waals surface area contributed by atoms with Crippen LogP contribution >= 0.6 is 11.3 Å². The molecule has 1 aromatic rings. The second kappa shape index (κ2) is 8.78. The Balaban J connectivity index is 2.75. The molecule has 0 aliphatic rings. The minimum atomic E-state index is -0.472. The highest BCUT2D eigenvalue weighted by Gasteiger charge is 2.24. The van der Waals surface area contributed by atoms with Crippen LogP contribution in [0.4, 0.5) is 4.79 Å². The summed E-state index contributed by atoms with van der Waals surface area (Å²) in [6.45, 7) is 7.30. The Morgan fingerprint density at radius 2 is 2.00 bits per heavy atom. The molecule has 0 aliphatic carbocycles. The predicted molar refractivity (Wildman–Crippen MR) is 90.9 cm³/mol. The first-order valence-corrected chi connectivity index (χ1v) is 8.52. The lowest BCUT2D eigenvalue weighted by molar-refractivity contribution is -0.130. The number of carbonyl (C=O) groups is 2. The first-order chi connectivity index (χ1) is 10.3. The number of hydrogen-bond acceptors (Lipinski definition) is 3. The minimum absolute atomic E-state index is 0.0727. The standard InChI is InChI=1S/C16H27N3O2S/c1-6-14(15(20)18(4)5)17-16(21)19(10-12(2)3)11-13-8-7-9-22-13/h7-9,12,14H,6,10-11H2,1-5H3,(H,17,21). The predicted octanol–water partition coefficient (Wildman–Crippen LogP) is 2.78. The molecule has 22 heavy (non-hydrogen) atoms. The van der Waals surface area contributed by atoms with Crippen LogP contribution < -0.4 is 5.32 Å². The fourth-order valence-electron chi connectivity index (χ4n) is 2.14. The van der Waals surface area contributed by atoms with Crippen molar-refractivity contribution in [1.82, 2.24) is 15.1 Å². The molecule has 0 spiro atoms. The van der Waals surface area contributed by atoms with Crippen LogP contribution in [0, 0.1) is 5.92 Å². The molecular weight excluding hydrogens is 298 g/mol. The van der Waals surface area contributed by atoms with Gasteiger partial charge in [0.2, 0.25) is 5.91 Å². The van der Waals surface area contributed by atoms with Crippen molar-refractivity contribution in [3.63, 3.8) is 0 Å². The molecule has 1 rings (SSSR count). The van der Waals surface area contributed by atoms with Gasteiger partial charge in [0.15, 0.2) is 0 Å². The molecule has 6 heteroatoms. The first-order valence-electron chi connectivity index (χ1n) is 7.64. The average Bonchev–Trinajstić information content (AvgIpc) is 2.95. The smallest absolute Gasteiger partial charge is 0.318 e. The number of thiophene rings is 1. The molecule has 0 aliphatic heterocycles. The molecule has 1 aromatic heterocycles. The van der Waals surface area contributed by atoms with Crippen molar-refractivity contribution in [2.24, 2.45) is 5.92 Å². The fourth-order valence-corrected chi connectivity index (χ4v) is 2.86. The molecule has 0 saturated carbocycles. The van der Waals surface area contributed by atoms with E-state index in [0.29, 0.717) is 25.4 Å². The van der Waals surface area contributed by atoms with Gasteiger partial charge < -0.3 is 15.1 Å². The van der Waals surface area contributed by atoms with Crippen LogP contribution in [-0.4, -0.2) is 48.4 Å². The molecule has 0 aromatic carbocycles. The van der Waals surface area contributed by atoms with E-state index in [9.17, 15) is 9.59 Å². The lowest BCUT2D eigenvalue weighted by Gasteiger charge is -2.28. The van der Waals surface area contributed by atoms with Crippen LogP contribution in [0.2, 0.25) is 0 Å². The van der Waals surface area contributed by atoms with Crippen LogP contribution in [0.1, 0.15) is 32.1 Å². The van der Waals surface area contributed by atoms with Crippen molar-refractivity contribution in [3.8, 4) is 0 Å². The zero-order valence-corrected chi connectivity index (χ0v) is 14.9. The van der Waals surface area contributed by atoms with Crippen molar-refractivity contribution in [2.45, 2.75) is 39.8 Å². The van der Waals surface area contributed by atoms with E-state index in [2.05, 4.69) is 19.2 Å². The third-order valence-electron chi connectivity index (χ3n) is 3.24. The van der Waals surface area contributed by atoms with Gasteiger partial charge in [0.25, 0.3) is 0 Å². The highest BCUT2D eigenvalue weighted by molar-refractivity contribution is 7.09. The number of rotatable bonds is 7. The molecule has 0 saturated heterocycles. The average molecular weight is 325 g/mol. The van der Waals surface area contributed by atoms with Crippen LogP contribution in [0.3, 0.4) is 0 Å². The van der Waals surface area contributed by atoms with Crippen molar-refractivity contribution in [1.29, 1.82) is 0 Å². The largest absolute Gasteiger partial charge is 0.347 e. The summed E-state index contributed by atoms with van der Waals surface area (Å²) in [5.41, 5.74) is 0. The Bertz CT molecular complexity index is 472. The highest BCUT2D eigenvalue weighted by atomic mass is 32.1. The number of urea groups is 1. The van der Waals surface area contributed by atoms with E-state index in [4.69, 9.17) is 0 Å².